The quantitative estimate of drug-likeness (QED) is 0.630. The highest BCUT2D eigenvalue weighted by molar-refractivity contribution is 14.1. The molecule has 2 fully saturated rings. The van der Waals surface area contributed by atoms with E-state index in [1.807, 2.05) is 43.0 Å². The lowest BCUT2D eigenvalue weighted by molar-refractivity contribution is -0.120. The lowest BCUT2D eigenvalue weighted by Gasteiger charge is -2.24. The average Bonchev–Trinajstić information content (AvgIpc) is 2.89. The Hall–Kier alpha value is -0.610. The normalized spacial score (nSPS) is 27.7. The van der Waals surface area contributed by atoms with E-state index in [0.717, 1.165) is 9.26 Å². The smallest absolute Gasteiger partial charge is 0.250 e. The number of halogens is 1. The Bertz CT molecular complexity index is 777. The molecule has 2 atom stereocenters. The number of thioether (sulfide) groups is 1. The van der Waals surface area contributed by atoms with E-state index in [1.54, 1.807) is 0 Å². The second-order valence-corrected chi connectivity index (χ2v) is 10.6. The van der Waals surface area contributed by atoms with Crippen LogP contribution in [0.5, 0.6) is 0 Å². The number of hydrogen-bond donors (Lipinski definition) is 0. The highest BCUT2D eigenvalue weighted by atomic mass is 127. The van der Waals surface area contributed by atoms with Crippen LogP contribution in [0.1, 0.15) is 13.8 Å². The Kier molecular flexibility index (Phi) is 4.76. The van der Waals surface area contributed by atoms with Crippen LogP contribution in [0.3, 0.4) is 0 Å². The number of sulfone groups is 1. The van der Waals surface area contributed by atoms with Crippen LogP contribution in [0, 0.1) is 9.49 Å². The van der Waals surface area contributed by atoms with Gasteiger partial charge in [-0.1, -0.05) is 31.7 Å². The summed E-state index contributed by atoms with van der Waals surface area (Å²) in [5.74, 6) is -0.0844. The molecule has 23 heavy (non-hydrogen) atoms. The van der Waals surface area contributed by atoms with Gasteiger partial charge in [0.1, 0.15) is 0 Å². The molecule has 5 nitrogen and oxygen atoms in total. The first kappa shape index (κ1) is 17.2. The Morgan fingerprint density at radius 3 is 2.78 bits per heavy atom. The Morgan fingerprint density at radius 2 is 2.13 bits per heavy atom. The van der Waals surface area contributed by atoms with Gasteiger partial charge in [0, 0.05) is 20.4 Å². The topological polar surface area (TPSA) is 66.8 Å². The van der Waals surface area contributed by atoms with Gasteiger partial charge in [0.25, 0.3) is 5.91 Å². The van der Waals surface area contributed by atoms with E-state index in [1.165, 1.54) is 11.8 Å². The molecule has 0 aromatic heterocycles. The number of anilines is 1. The van der Waals surface area contributed by atoms with Crippen molar-refractivity contribution in [3.05, 3.63) is 27.8 Å². The van der Waals surface area contributed by atoms with E-state index >= 15 is 0 Å². The highest BCUT2D eigenvalue weighted by Crippen LogP contribution is 2.41. The molecule has 8 heteroatoms. The first-order valence-corrected chi connectivity index (χ1v) is 11.1. The molecule has 0 spiro atoms. The van der Waals surface area contributed by atoms with Gasteiger partial charge in [0.05, 0.1) is 17.5 Å². The summed E-state index contributed by atoms with van der Waals surface area (Å²) in [6.07, 6.45) is 0. The molecular formula is C15H17IN2O3S2. The fourth-order valence-electron chi connectivity index (χ4n) is 2.72. The number of amides is 1. The van der Waals surface area contributed by atoms with Crippen molar-refractivity contribution < 1.29 is 13.2 Å². The van der Waals surface area contributed by atoms with Crippen molar-refractivity contribution in [1.82, 2.24) is 0 Å². The minimum absolute atomic E-state index is 0.0587. The van der Waals surface area contributed by atoms with Gasteiger partial charge in [-0.3, -0.25) is 4.79 Å². The predicted molar refractivity (Wildman–Crippen MR) is 103 cm³/mol. The van der Waals surface area contributed by atoms with Gasteiger partial charge in [-0.2, -0.15) is 4.99 Å². The zero-order valence-electron chi connectivity index (χ0n) is 12.8. The zero-order valence-corrected chi connectivity index (χ0v) is 16.6. The number of fused-ring (bicyclic) bond motifs is 1. The van der Waals surface area contributed by atoms with Gasteiger partial charge in [0.15, 0.2) is 15.0 Å². The van der Waals surface area contributed by atoms with Gasteiger partial charge in [-0.25, -0.2) is 8.42 Å². The summed E-state index contributed by atoms with van der Waals surface area (Å²) in [5.41, 5.74) is 0.893. The summed E-state index contributed by atoms with van der Waals surface area (Å²) >= 11 is 3.63. The summed E-state index contributed by atoms with van der Waals surface area (Å²) in [7, 11) is -3.03. The van der Waals surface area contributed by atoms with E-state index < -0.39 is 9.84 Å². The first-order chi connectivity index (χ1) is 10.8. The van der Waals surface area contributed by atoms with Crippen molar-refractivity contribution in [3.8, 4) is 0 Å². The molecule has 3 rings (SSSR count). The van der Waals surface area contributed by atoms with Crippen LogP contribution in [0.25, 0.3) is 0 Å². The number of benzene rings is 1. The van der Waals surface area contributed by atoms with E-state index in [4.69, 9.17) is 0 Å². The van der Waals surface area contributed by atoms with Crippen LogP contribution in [0.4, 0.5) is 5.69 Å². The van der Waals surface area contributed by atoms with Crippen LogP contribution >= 0.6 is 34.4 Å². The number of hydrogen-bond acceptors (Lipinski definition) is 4. The molecule has 1 aromatic rings. The fourth-order valence-corrected chi connectivity index (χ4v) is 7.16. The average molecular weight is 464 g/mol. The van der Waals surface area contributed by atoms with Gasteiger partial charge in [-0.15, -0.1) is 0 Å². The molecule has 2 heterocycles. The molecule has 2 aliphatic rings. The van der Waals surface area contributed by atoms with Gasteiger partial charge >= 0.3 is 0 Å². The Labute approximate surface area is 154 Å². The zero-order chi connectivity index (χ0) is 16.8. The maximum atomic E-state index is 12.0. The van der Waals surface area contributed by atoms with E-state index in [9.17, 15) is 13.2 Å². The van der Waals surface area contributed by atoms with Crippen LogP contribution in [0.2, 0.25) is 0 Å². The number of rotatable bonds is 2. The maximum Gasteiger partial charge on any atom is 0.250 e. The van der Waals surface area contributed by atoms with Crippen molar-refractivity contribution in [2.75, 3.05) is 16.4 Å². The summed E-state index contributed by atoms with van der Waals surface area (Å²) in [6.45, 7) is 3.63. The third-order valence-electron chi connectivity index (χ3n) is 3.85. The van der Waals surface area contributed by atoms with Gasteiger partial charge in [-0.05, 0) is 40.8 Å². The Balaban J connectivity index is 2.02. The minimum atomic E-state index is -3.03. The van der Waals surface area contributed by atoms with Gasteiger partial charge < -0.3 is 4.90 Å². The number of carbonyl (C=O) groups excluding carboxylic acids is 1. The standard InChI is InChI=1S/C15H17IN2O3S2/c1-9(2)14(19)17-15-18(11-5-3-4-10(16)6-11)12-7-23(20,21)8-13(12)22-15/h3-6,9,12-13H,7-8H2,1-2H3/t12-,13+/m1/s1. The monoisotopic (exact) mass is 464 g/mol. The van der Waals surface area contributed by atoms with Crippen molar-refractivity contribution in [2.24, 2.45) is 10.9 Å². The predicted octanol–water partition coefficient (Wildman–Crippen LogP) is 2.55. The molecule has 0 bridgehead atoms. The molecule has 0 aliphatic carbocycles. The molecule has 1 amide bonds. The number of carbonyl (C=O) groups is 1. The van der Waals surface area contributed by atoms with Crippen molar-refractivity contribution >= 4 is 61.0 Å². The van der Waals surface area contributed by atoms with E-state index in [0.29, 0.717) is 5.17 Å². The summed E-state index contributed by atoms with van der Waals surface area (Å²) < 4.78 is 25.0. The van der Waals surface area contributed by atoms with Crippen molar-refractivity contribution in [3.63, 3.8) is 0 Å². The van der Waals surface area contributed by atoms with E-state index in [2.05, 4.69) is 27.6 Å². The summed E-state index contributed by atoms with van der Waals surface area (Å²) in [6, 6.07) is 7.68. The highest BCUT2D eigenvalue weighted by Gasteiger charge is 2.49. The third-order valence-corrected chi connectivity index (χ3v) is 7.73. The second-order valence-electron chi connectivity index (χ2n) is 6.04. The SMILES string of the molecule is CC(C)C(=O)N=C1S[C@H]2CS(=O)(=O)C[C@H]2N1c1cccc(I)c1. The second kappa shape index (κ2) is 6.36. The summed E-state index contributed by atoms with van der Waals surface area (Å²) in [4.78, 5) is 18.2. The number of nitrogens with zero attached hydrogens (tertiary/aromatic N) is 2. The largest absolute Gasteiger partial charge is 0.316 e. The molecule has 0 N–H and O–H groups in total. The molecule has 1 aromatic carbocycles. The lowest BCUT2D eigenvalue weighted by Crippen LogP contribution is -2.37. The summed E-state index contributed by atoms with van der Waals surface area (Å²) in [5, 5.41) is 0.562. The van der Waals surface area contributed by atoms with Gasteiger partial charge in [0.2, 0.25) is 0 Å². The van der Waals surface area contributed by atoms with Crippen LogP contribution < -0.4 is 4.90 Å². The molecule has 2 aliphatic heterocycles. The molecular weight excluding hydrogens is 447 g/mol. The Morgan fingerprint density at radius 1 is 1.39 bits per heavy atom. The molecule has 0 saturated carbocycles. The molecule has 2 saturated heterocycles. The van der Waals surface area contributed by atoms with Crippen molar-refractivity contribution in [2.45, 2.75) is 25.1 Å². The lowest BCUT2D eigenvalue weighted by atomic mass is 10.2. The van der Waals surface area contributed by atoms with Crippen LogP contribution in [0.15, 0.2) is 29.3 Å². The molecule has 0 unspecified atom stereocenters. The first-order valence-electron chi connectivity index (χ1n) is 7.31. The number of aliphatic imine (C=N–C) groups is 1. The minimum Gasteiger partial charge on any atom is -0.316 e. The molecule has 124 valence electrons. The maximum absolute atomic E-state index is 12.0. The van der Waals surface area contributed by atoms with Crippen molar-refractivity contribution in [1.29, 1.82) is 0 Å². The number of amidine groups is 1. The van der Waals surface area contributed by atoms with Crippen LogP contribution in [-0.2, 0) is 14.6 Å². The fraction of sp³-hybridized carbons (Fsp3) is 0.467. The molecule has 0 radical (unpaired) electrons. The van der Waals surface area contributed by atoms with Crippen LogP contribution in [-0.4, -0.2) is 42.3 Å². The van der Waals surface area contributed by atoms with E-state index in [-0.39, 0.29) is 34.6 Å². The third kappa shape index (κ3) is 3.58.